The lowest BCUT2D eigenvalue weighted by molar-refractivity contribution is 0.242. The number of nitrogens with one attached hydrogen (secondary N) is 1. The Morgan fingerprint density at radius 2 is 2.18 bits per heavy atom. The van der Waals surface area contributed by atoms with Gasteiger partial charge in [0.15, 0.2) is 0 Å². The van der Waals surface area contributed by atoms with Gasteiger partial charge in [-0.2, -0.15) is 0 Å². The van der Waals surface area contributed by atoms with Crippen molar-refractivity contribution in [2.45, 2.75) is 46.8 Å². The molecule has 0 spiro atoms. The van der Waals surface area contributed by atoms with Gasteiger partial charge in [-0.3, -0.25) is 4.98 Å². The van der Waals surface area contributed by atoms with Crippen LogP contribution in [0, 0.1) is 12.7 Å². The summed E-state index contributed by atoms with van der Waals surface area (Å²) in [6.07, 6.45) is 5.37. The van der Waals surface area contributed by atoms with Gasteiger partial charge in [0.05, 0.1) is 23.8 Å². The molecule has 1 aliphatic heterocycles. The van der Waals surface area contributed by atoms with Crippen molar-refractivity contribution in [3.8, 4) is 0 Å². The number of hydrogen-bond acceptors (Lipinski definition) is 3. The molecule has 0 aliphatic carbocycles. The molecule has 0 amide bonds. The summed E-state index contributed by atoms with van der Waals surface area (Å²) in [4.78, 5) is 6.24. The molecule has 22 heavy (non-hydrogen) atoms. The van der Waals surface area contributed by atoms with E-state index in [1.165, 1.54) is 6.20 Å². The third-order valence-corrected chi connectivity index (χ3v) is 3.85. The van der Waals surface area contributed by atoms with E-state index in [0.29, 0.717) is 11.6 Å². The van der Waals surface area contributed by atoms with Gasteiger partial charge in [0.25, 0.3) is 0 Å². The highest BCUT2D eigenvalue weighted by Crippen LogP contribution is 2.29. The van der Waals surface area contributed by atoms with E-state index in [0.717, 1.165) is 22.7 Å². The third-order valence-electron chi connectivity index (χ3n) is 3.85. The molecule has 1 unspecified atom stereocenters. The van der Waals surface area contributed by atoms with E-state index in [2.05, 4.69) is 42.6 Å². The lowest BCUT2D eigenvalue weighted by atomic mass is 10.0. The quantitative estimate of drug-likeness (QED) is 0.915. The van der Waals surface area contributed by atoms with Gasteiger partial charge in [-0.1, -0.05) is 12.7 Å². The van der Waals surface area contributed by atoms with Gasteiger partial charge in [-0.25, -0.2) is 4.39 Å². The monoisotopic (exact) mass is 301 g/mol. The Balaban J connectivity index is 2.48. The summed E-state index contributed by atoms with van der Waals surface area (Å²) in [5.41, 5.74) is 4.07. The van der Waals surface area contributed by atoms with Crippen LogP contribution < -0.4 is 5.32 Å². The van der Waals surface area contributed by atoms with Gasteiger partial charge in [-0.15, -0.1) is 0 Å². The van der Waals surface area contributed by atoms with Crippen molar-refractivity contribution in [2.75, 3.05) is 0 Å². The topological polar surface area (TPSA) is 28.2 Å². The fraction of sp³-hybridized carbons (Fsp3) is 0.389. The Hall–Kier alpha value is -2.10. The molecule has 0 radical (unpaired) electrons. The minimum absolute atomic E-state index is 0.181. The van der Waals surface area contributed by atoms with Crippen LogP contribution in [0.4, 0.5) is 4.39 Å². The highest BCUT2D eigenvalue weighted by molar-refractivity contribution is 5.75. The molecule has 1 fully saturated rings. The van der Waals surface area contributed by atoms with Crippen molar-refractivity contribution in [1.82, 2.24) is 15.2 Å². The molecule has 4 heteroatoms. The minimum atomic E-state index is -0.309. The lowest BCUT2D eigenvalue weighted by Gasteiger charge is -2.28. The molecule has 2 heterocycles. The molecule has 2 rings (SSSR count). The molecule has 118 valence electrons. The summed E-state index contributed by atoms with van der Waals surface area (Å²) in [7, 11) is 0. The van der Waals surface area contributed by atoms with Crippen LogP contribution in [0.2, 0.25) is 0 Å². The molecular weight excluding hydrogens is 277 g/mol. The first-order valence-electron chi connectivity index (χ1n) is 7.59. The smallest absolute Gasteiger partial charge is 0.149 e. The van der Waals surface area contributed by atoms with Crippen molar-refractivity contribution in [2.24, 2.45) is 0 Å². The lowest BCUT2D eigenvalue weighted by Crippen LogP contribution is -2.36. The summed E-state index contributed by atoms with van der Waals surface area (Å²) in [6, 6.07) is 2.10. The zero-order valence-electron chi connectivity index (χ0n) is 13.9. The van der Waals surface area contributed by atoms with Crippen LogP contribution in [0.15, 0.2) is 42.4 Å². The van der Waals surface area contributed by atoms with Gasteiger partial charge in [0, 0.05) is 17.3 Å². The van der Waals surface area contributed by atoms with E-state index in [1.54, 1.807) is 6.07 Å². The largest absolute Gasteiger partial charge is 0.364 e. The maximum Gasteiger partial charge on any atom is 0.149 e. The number of halogens is 1. The van der Waals surface area contributed by atoms with E-state index in [4.69, 9.17) is 0 Å². The van der Waals surface area contributed by atoms with Gasteiger partial charge >= 0.3 is 0 Å². The number of rotatable bonds is 3. The maximum atomic E-state index is 14.1. The fourth-order valence-electron chi connectivity index (χ4n) is 2.88. The number of aryl methyl sites for hydroxylation is 1. The third kappa shape index (κ3) is 3.06. The van der Waals surface area contributed by atoms with Crippen LogP contribution in [0.1, 0.15) is 39.0 Å². The van der Waals surface area contributed by atoms with E-state index in [1.807, 2.05) is 26.0 Å². The Bertz CT molecular complexity index is 644. The van der Waals surface area contributed by atoms with Crippen molar-refractivity contribution >= 4 is 5.57 Å². The van der Waals surface area contributed by atoms with Crippen LogP contribution in [0.5, 0.6) is 0 Å². The van der Waals surface area contributed by atoms with Crippen LogP contribution in [0.25, 0.3) is 5.57 Å². The van der Waals surface area contributed by atoms with E-state index in [9.17, 15) is 4.39 Å². The molecule has 3 nitrogen and oxygen atoms in total. The predicted molar refractivity (Wildman–Crippen MR) is 89.4 cm³/mol. The van der Waals surface area contributed by atoms with Crippen molar-refractivity contribution in [3.05, 3.63) is 59.5 Å². The molecule has 1 aliphatic rings. The highest BCUT2D eigenvalue weighted by atomic mass is 19.1. The predicted octanol–water partition coefficient (Wildman–Crippen LogP) is 3.99. The molecule has 0 aromatic carbocycles. The van der Waals surface area contributed by atoms with E-state index < -0.39 is 0 Å². The van der Waals surface area contributed by atoms with E-state index >= 15 is 0 Å². The molecule has 0 bridgehead atoms. The number of pyridine rings is 1. The van der Waals surface area contributed by atoms with Gasteiger partial charge in [0.2, 0.25) is 0 Å². The first-order chi connectivity index (χ1) is 10.3. The van der Waals surface area contributed by atoms with Gasteiger partial charge in [0.1, 0.15) is 5.82 Å². The first-order valence-corrected chi connectivity index (χ1v) is 7.59. The van der Waals surface area contributed by atoms with Crippen molar-refractivity contribution < 1.29 is 4.39 Å². The van der Waals surface area contributed by atoms with Crippen LogP contribution in [0.3, 0.4) is 0 Å². The maximum absolute atomic E-state index is 14.1. The molecule has 1 aromatic rings. The molecule has 1 atom stereocenters. The van der Waals surface area contributed by atoms with Gasteiger partial charge in [-0.05, 0) is 52.3 Å². The molecule has 1 saturated heterocycles. The summed E-state index contributed by atoms with van der Waals surface area (Å²) in [5, 5.41) is 3.33. The Kier molecular flexibility index (Phi) is 4.69. The average molecular weight is 301 g/mol. The number of allylic oxidation sites excluding steroid dienone is 3. The van der Waals surface area contributed by atoms with Crippen molar-refractivity contribution in [3.63, 3.8) is 0 Å². The van der Waals surface area contributed by atoms with Crippen molar-refractivity contribution in [1.29, 1.82) is 0 Å². The second-order valence-corrected chi connectivity index (χ2v) is 5.88. The summed E-state index contributed by atoms with van der Waals surface area (Å²) in [5.74, 6) is -0.309. The Morgan fingerprint density at radius 1 is 1.50 bits per heavy atom. The molecule has 0 saturated carbocycles. The normalized spacial score (nSPS) is 21.0. The minimum Gasteiger partial charge on any atom is -0.364 e. The highest BCUT2D eigenvalue weighted by Gasteiger charge is 2.29. The Morgan fingerprint density at radius 3 is 2.77 bits per heavy atom. The van der Waals surface area contributed by atoms with Gasteiger partial charge < -0.3 is 10.2 Å². The fourth-order valence-corrected chi connectivity index (χ4v) is 2.88. The first kappa shape index (κ1) is 16.3. The number of aromatic nitrogens is 1. The summed E-state index contributed by atoms with van der Waals surface area (Å²) in [6.45, 7) is 14.2. The molecule has 1 N–H and O–H groups in total. The second-order valence-electron chi connectivity index (χ2n) is 5.88. The SMILES string of the molecule is C=C1NC(C)N(C(C)C)/C1=C/C(=C\C)c1cc(C)ncc1F. The van der Waals surface area contributed by atoms with Crippen LogP contribution in [-0.2, 0) is 0 Å². The number of nitrogens with zero attached hydrogens (tertiary/aromatic N) is 2. The zero-order valence-corrected chi connectivity index (χ0v) is 13.9. The standard InChI is InChI=1S/C18H24FN3/c1-7-15(16-8-12(4)20-10-17(16)19)9-18-13(5)21-14(6)22(18)11(2)3/h7-11,14,21H,5H2,1-4,6H3/b15-7+,18-9+. The summed E-state index contributed by atoms with van der Waals surface area (Å²) >= 11 is 0. The second kappa shape index (κ2) is 6.34. The average Bonchev–Trinajstić information content (AvgIpc) is 2.73. The molecule has 1 aromatic heterocycles. The summed E-state index contributed by atoms with van der Waals surface area (Å²) < 4.78 is 14.1. The van der Waals surface area contributed by atoms with Crippen LogP contribution >= 0.6 is 0 Å². The van der Waals surface area contributed by atoms with Crippen LogP contribution in [-0.4, -0.2) is 22.1 Å². The zero-order chi connectivity index (χ0) is 16.4. The number of hydrogen-bond donors (Lipinski definition) is 1. The Labute approximate surface area is 132 Å². The van der Waals surface area contributed by atoms with E-state index in [-0.39, 0.29) is 12.0 Å². The molecular formula is C18H24FN3.